The molecule has 3 N–H and O–H groups in total. The SMILES string of the molecule is C[C@H]1CN([C@@H](C)CO)C(=O)Cc2cc(NS(=O)(=O)c3ccccc3)ccc2O[C@H]1CN(C)C(=O)NC1CCCCC1. The molecule has 3 amide bonds. The van der Waals surface area contributed by atoms with Crippen molar-refractivity contribution in [1.82, 2.24) is 15.1 Å². The molecule has 1 saturated carbocycles. The highest BCUT2D eigenvalue weighted by atomic mass is 32.2. The number of carbonyl (C=O) groups excluding carboxylic acids is 2. The smallest absolute Gasteiger partial charge is 0.317 e. The van der Waals surface area contributed by atoms with Gasteiger partial charge in [-0.3, -0.25) is 9.52 Å². The summed E-state index contributed by atoms with van der Waals surface area (Å²) in [5.41, 5.74) is 0.824. The predicted octanol–water partition coefficient (Wildman–Crippen LogP) is 3.61. The minimum atomic E-state index is -3.83. The van der Waals surface area contributed by atoms with Crippen LogP contribution in [0.15, 0.2) is 53.4 Å². The summed E-state index contributed by atoms with van der Waals surface area (Å²) in [4.78, 5) is 29.9. The van der Waals surface area contributed by atoms with E-state index < -0.39 is 22.2 Å². The third-order valence-corrected chi connectivity index (χ3v) is 9.35. The molecule has 0 saturated heterocycles. The maximum atomic E-state index is 13.5. The third kappa shape index (κ3) is 7.91. The van der Waals surface area contributed by atoms with Crippen LogP contribution in [-0.4, -0.2) is 80.2 Å². The molecule has 10 nitrogen and oxygen atoms in total. The topological polar surface area (TPSA) is 128 Å². The Morgan fingerprint density at radius 2 is 1.85 bits per heavy atom. The number of carbonyl (C=O) groups is 2. The summed E-state index contributed by atoms with van der Waals surface area (Å²) in [6.07, 6.45) is 4.91. The predicted molar refractivity (Wildman–Crippen MR) is 157 cm³/mol. The number of urea groups is 1. The van der Waals surface area contributed by atoms with E-state index in [1.54, 1.807) is 60.2 Å². The second kappa shape index (κ2) is 13.6. The highest BCUT2D eigenvalue weighted by Crippen LogP contribution is 2.30. The Morgan fingerprint density at radius 1 is 1.15 bits per heavy atom. The fourth-order valence-electron chi connectivity index (χ4n) is 5.41. The van der Waals surface area contributed by atoms with E-state index in [4.69, 9.17) is 4.74 Å². The Morgan fingerprint density at radius 3 is 2.54 bits per heavy atom. The van der Waals surface area contributed by atoms with E-state index in [1.165, 1.54) is 18.6 Å². The number of aliphatic hydroxyl groups is 1. The Balaban J connectivity index is 1.59. The van der Waals surface area contributed by atoms with Gasteiger partial charge in [0.2, 0.25) is 5.91 Å². The molecule has 2 aromatic rings. The van der Waals surface area contributed by atoms with E-state index in [-0.39, 0.29) is 48.4 Å². The van der Waals surface area contributed by atoms with Gasteiger partial charge in [-0.05, 0) is 50.1 Å². The maximum Gasteiger partial charge on any atom is 0.317 e. The summed E-state index contributed by atoms with van der Waals surface area (Å²) >= 11 is 0. The number of amides is 3. The monoisotopic (exact) mass is 586 g/mol. The van der Waals surface area contributed by atoms with Gasteiger partial charge in [-0.1, -0.05) is 44.4 Å². The van der Waals surface area contributed by atoms with Crippen molar-refractivity contribution in [2.75, 3.05) is 31.5 Å². The van der Waals surface area contributed by atoms with Crippen molar-refractivity contribution in [3.63, 3.8) is 0 Å². The molecule has 1 aliphatic heterocycles. The van der Waals surface area contributed by atoms with Gasteiger partial charge >= 0.3 is 6.03 Å². The molecule has 1 fully saturated rings. The van der Waals surface area contributed by atoms with E-state index in [0.29, 0.717) is 23.5 Å². The first kappa shape index (κ1) is 30.6. The van der Waals surface area contributed by atoms with Gasteiger partial charge in [0.15, 0.2) is 0 Å². The van der Waals surface area contributed by atoms with Gasteiger partial charge in [-0.15, -0.1) is 0 Å². The molecule has 11 heteroatoms. The quantitative estimate of drug-likeness (QED) is 0.434. The number of hydrogen-bond acceptors (Lipinski definition) is 6. The Hall–Kier alpha value is -3.31. The number of sulfonamides is 1. The van der Waals surface area contributed by atoms with Gasteiger partial charge in [0.05, 0.1) is 30.5 Å². The first-order chi connectivity index (χ1) is 19.6. The highest BCUT2D eigenvalue weighted by Gasteiger charge is 2.32. The van der Waals surface area contributed by atoms with Crippen molar-refractivity contribution in [2.24, 2.45) is 5.92 Å². The molecular formula is C30H42N4O6S. The van der Waals surface area contributed by atoms with E-state index in [1.807, 2.05) is 6.92 Å². The average Bonchev–Trinajstić information content (AvgIpc) is 3.01. The number of benzene rings is 2. The molecule has 4 rings (SSSR count). The lowest BCUT2D eigenvalue weighted by Crippen LogP contribution is -2.50. The van der Waals surface area contributed by atoms with Crippen LogP contribution < -0.4 is 14.8 Å². The number of fused-ring (bicyclic) bond motifs is 1. The Labute approximate surface area is 243 Å². The largest absolute Gasteiger partial charge is 0.488 e. The lowest BCUT2D eigenvalue weighted by atomic mass is 9.96. The summed E-state index contributed by atoms with van der Waals surface area (Å²) in [5.74, 6) is 0.0907. The molecule has 0 aromatic heterocycles. The van der Waals surface area contributed by atoms with Crippen LogP contribution in [0.1, 0.15) is 51.5 Å². The van der Waals surface area contributed by atoms with Crippen molar-refractivity contribution in [2.45, 2.75) is 75.5 Å². The van der Waals surface area contributed by atoms with Gasteiger partial charge < -0.3 is 25.0 Å². The molecule has 3 atom stereocenters. The summed E-state index contributed by atoms with van der Waals surface area (Å²) in [5, 5.41) is 13.0. The molecule has 0 spiro atoms. The minimum absolute atomic E-state index is 0.0297. The highest BCUT2D eigenvalue weighted by molar-refractivity contribution is 7.92. The summed E-state index contributed by atoms with van der Waals surface area (Å²) in [6.45, 7) is 4.18. The fraction of sp³-hybridized carbons (Fsp3) is 0.533. The minimum Gasteiger partial charge on any atom is -0.488 e. The summed E-state index contributed by atoms with van der Waals surface area (Å²) < 4.78 is 34.9. The first-order valence-electron chi connectivity index (χ1n) is 14.4. The zero-order chi connectivity index (χ0) is 29.6. The summed E-state index contributed by atoms with van der Waals surface area (Å²) in [6, 6.07) is 12.5. The average molecular weight is 587 g/mol. The molecule has 2 aliphatic rings. The van der Waals surface area contributed by atoms with Crippen molar-refractivity contribution in [3.05, 3.63) is 54.1 Å². The van der Waals surface area contributed by atoms with Crippen molar-refractivity contribution in [1.29, 1.82) is 0 Å². The Bertz CT molecular complexity index is 1300. The fourth-order valence-corrected chi connectivity index (χ4v) is 6.48. The van der Waals surface area contributed by atoms with Crippen LogP contribution in [0.2, 0.25) is 0 Å². The lowest BCUT2D eigenvalue weighted by Gasteiger charge is -2.34. The molecular weight excluding hydrogens is 544 g/mol. The molecule has 0 unspecified atom stereocenters. The van der Waals surface area contributed by atoms with Crippen molar-refractivity contribution >= 4 is 27.6 Å². The van der Waals surface area contributed by atoms with Crippen molar-refractivity contribution in [3.8, 4) is 5.75 Å². The Kier molecular flexibility index (Phi) is 10.1. The van der Waals surface area contributed by atoms with Gasteiger partial charge in [-0.2, -0.15) is 0 Å². The molecule has 41 heavy (non-hydrogen) atoms. The zero-order valence-electron chi connectivity index (χ0n) is 24.1. The standard InChI is InChI=1S/C30H42N4O6S/c1-21-18-34(22(2)20-35)29(36)17-23-16-25(32-41(38,39)26-12-8-5-9-13-26)14-15-27(23)40-28(21)19-33(3)30(37)31-24-10-6-4-7-11-24/h5,8-9,12-16,21-22,24,28,32,35H,4,6-7,10-11,17-20H2,1-3H3,(H,31,37)/t21-,22-,28-/m0/s1. The van der Waals surface area contributed by atoms with E-state index >= 15 is 0 Å². The third-order valence-electron chi connectivity index (χ3n) is 7.96. The number of ether oxygens (including phenoxy) is 1. The molecule has 224 valence electrons. The summed E-state index contributed by atoms with van der Waals surface area (Å²) in [7, 11) is -2.09. The van der Waals surface area contributed by atoms with Crippen LogP contribution in [0.3, 0.4) is 0 Å². The number of anilines is 1. The normalized spacial score (nSPS) is 21.0. The van der Waals surface area contributed by atoms with E-state index in [0.717, 1.165) is 25.7 Å². The van der Waals surface area contributed by atoms with Gasteiger partial charge in [-0.25, -0.2) is 13.2 Å². The van der Waals surface area contributed by atoms with E-state index in [2.05, 4.69) is 10.0 Å². The molecule has 1 aliphatic carbocycles. The van der Waals surface area contributed by atoms with Crippen LogP contribution in [-0.2, 0) is 21.2 Å². The molecule has 2 aromatic carbocycles. The first-order valence-corrected chi connectivity index (χ1v) is 15.8. The number of nitrogens with one attached hydrogen (secondary N) is 2. The van der Waals surface area contributed by atoms with Crippen LogP contribution in [0.4, 0.5) is 10.5 Å². The van der Waals surface area contributed by atoms with Crippen LogP contribution in [0.5, 0.6) is 5.75 Å². The number of likely N-dealkylation sites (N-methyl/N-ethyl adjacent to an activating group) is 1. The number of rotatable bonds is 8. The number of aliphatic hydroxyl groups excluding tert-OH is 1. The van der Waals surface area contributed by atoms with Crippen LogP contribution >= 0.6 is 0 Å². The van der Waals surface area contributed by atoms with Crippen molar-refractivity contribution < 1.29 is 27.9 Å². The maximum absolute atomic E-state index is 13.5. The zero-order valence-corrected chi connectivity index (χ0v) is 24.9. The van der Waals surface area contributed by atoms with E-state index in [9.17, 15) is 23.1 Å². The molecule has 0 radical (unpaired) electrons. The van der Waals surface area contributed by atoms with Gasteiger partial charge in [0, 0.05) is 36.8 Å². The molecule has 1 heterocycles. The van der Waals surface area contributed by atoms with Crippen LogP contribution in [0, 0.1) is 5.92 Å². The molecule has 0 bridgehead atoms. The van der Waals surface area contributed by atoms with Gasteiger partial charge in [0.1, 0.15) is 11.9 Å². The number of nitrogens with zero attached hydrogens (tertiary/aromatic N) is 2. The second-order valence-electron chi connectivity index (χ2n) is 11.3. The number of hydrogen-bond donors (Lipinski definition) is 3. The van der Waals surface area contributed by atoms with Crippen LogP contribution in [0.25, 0.3) is 0 Å². The van der Waals surface area contributed by atoms with Gasteiger partial charge in [0.25, 0.3) is 10.0 Å². The second-order valence-corrected chi connectivity index (χ2v) is 13.0. The lowest BCUT2D eigenvalue weighted by molar-refractivity contribution is -0.134.